The van der Waals surface area contributed by atoms with Gasteiger partial charge in [0.25, 0.3) is 0 Å². The van der Waals surface area contributed by atoms with E-state index >= 15 is 0 Å². The molecule has 1 aliphatic carbocycles. The summed E-state index contributed by atoms with van der Waals surface area (Å²) >= 11 is 1.34. The highest BCUT2D eigenvalue weighted by Gasteiger charge is 2.24. The van der Waals surface area contributed by atoms with Gasteiger partial charge < -0.3 is 4.74 Å². The first-order valence-electron chi connectivity index (χ1n) is 4.88. The van der Waals surface area contributed by atoms with Crippen molar-refractivity contribution in [3.05, 3.63) is 18.2 Å². The molecule has 16 heavy (non-hydrogen) atoms. The third-order valence-corrected chi connectivity index (χ3v) is 4.14. The molecule has 0 amide bonds. The van der Waals surface area contributed by atoms with Crippen molar-refractivity contribution in [1.29, 1.82) is 0 Å². The molecule has 0 spiro atoms. The van der Waals surface area contributed by atoms with Gasteiger partial charge in [-0.3, -0.25) is 0 Å². The molecule has 0 heterocycles. The molecule has 1 aromatic rings. The quantitative estimate of drug-likeness (QED) is 0.834. The van der Waals surface area contributed by atoms with Crippen molar-refractivity contribution in [3.8, 4) is 5.75 Å². The molecule has 0 bridgehead atoms. The van der Waals surface area contributed by atoms with E-state index in [2.05, 4.69) is 0 Å². The van der Waals surface area contributed by atoms with Crippen LogP contribution in [0.2, 0.25) is 0 Å². The van der Waals surface area contributed by atoms with E-state index in [0.29, 0.717) is 16.7 Å². The molecule has 0 saturated heterocycles. The average molecular weight is 259 g/mol. The van der Waals surface area contributed by atoms with E-state index < -0.39 is 10.0 Å². The van der Waals surface area contributed by atoms with Crippen molar-refractivity contribution >= 4 is 21.8 Å². The Kier molecular flexibility index (Phi) is 3.14. The van der Waals surface area contributed by atoms with Crippen LogP contribution in [0.5, 0.6) is 5.75 Å². The maximum absolute atomic E-state index is 11.3. The Morgan fingerprint density at radius 1 is 1.44 bits per heavy atom. The summed E-state index contributed by atoms with van der Waals surface area (Å²) in [5.41, 5.74) is 0. The third kappa shape index (κ3) is 2.69. The first-order valence-corrected chi connectivity index (χ1v) is 7.65. The average Bonchev–Trinajstić information content (AvgIpc) is 3.00. The van der Waals surface area contributed by atoms with Crippen LogP contribution >= 0.6 is 11.8 Å². The highest BCUT2D eigenvalue weighted by molar-refractivity contribution is 7.99. The smallest absolute Gasteiger partial charge is 0.239 e. The second-order valence-electron chi connectivity index (χ2n) is 3.67. The summed E-state index contributed by atoms with van der Waals surface area (Å²) in [6.07, 6.45) is 4.26. The van der Waals surface area contributed by atoms with Gasteiger partial charge in [0, 0.05) is 4.90 Å². The second kappa shape index (κ2) is 4.27. The lowest BCUT2D eigenvalue weighted by atomic mass is 10.3. The number of hydrogen-bond donors (Lipinski definition) is 1. The normalized spacial score (nSPS) is 16.1. The number of benzene rings is 1. The molecule has 0 aromatic heterocycles. The molecule has 6 heteroatoms. The fraction of sp³-hybridized carbons (Fsp3) is 0.400. The summed E-state index contributed by atoms with van der Waals surface area (Å²) in [4.78, 5) is 0.781. The number of thioether (sulfide) groups is 1. The number of hydrogen-bond acceptors (Lipinski definition) is 4. The fourth-order valence-corrected chi connectivity index (χ4v) is 3.03. The minimum absolute atomic E-state index is 0.156. The van der Waals surface area contributed by atoms with Gasteiger partial charge in [0.2, 0.25) is 10.0 Å². The zero-order chi connectivity index (χ0) is 11.8. The Labute approximate surface area is 99.2 Å². The molecule has 4 nitrogen and oxygen atoms in total. The SMILES string of the molecule is CSc1cc(OC2CC2)ccc1S(N)(=O)=O. The molecule has 0 radical (unpaired) electrons. The Balaban J connectivity index is 2.34. The lowest BCUT2D eigenvalue weighted by Gasteiger charge is -2.09. The van der Waals surface area contributed by atoms with Gasteiger partial charge in [-0.05, 0) is 37.3 Å². The van der Waals surface area contributed by atoms with Gasteiger partial charge in [-0.1, -0.05) is 0 Å². The molecule has 1 saturated carbocycles. The van der Waals surface area contributed by atoms with Crippen LogP contribution in [0.3, 0.4) is 0 Å². The predicted molar refractivity (Wildman–Crippen MR) is 63.2 cm³/mol. The summed E-state index contributed by atoms with van der Waals surface area (Å²) < 4.78 is 28.2. The van der Waals surface area contributed by atoms with E-state index in [9.17, 15) is 8.42 Å². The van der Waals surface area contributed by atoms with Crippen LogP contribution in [-0.2, 0) is 10.0 Å². The van der Waals surface area contributed by atoms with Crippen molar-refractivity contribution < 1.29 is 13.2 Å². The minimum Gasteiger partial charge on any atom is -0.490 e. The Morgan fingerprint density at radius 3 is 2.62 bits per heavy atom. The van der Waals surface area contributed by atoms with Crippen molar-refractivity contribution in [3.63, 3.8) is 0 Å². The van der Waals surface area contributed by atoms with Crippen LogP contribution in [-0.4, -0.2) is 20.8 Å². The Morgan fingerprint density at radius 2 is 2.12 bits per heavy atom. The topological polar surface area (TPSA) is 69.4 Å². The number of rotatable bonds is 4. The molecule has 0 aliphatic heterocycles. The molecule has 88 valence electrons. The third-order valence-electron chi connectivity index (χ3n) is 2.27. The van der Waals surface area contributed by atoms with Crippen molar-refractivity contribution in [2.45, 2.75) is 28.7 Å². The molecule has 2 rings (SSSR count). The van der Waals surface area contributed by atoms with E-state index in [1.165, 1.54) is 17.8 Å². The molecule has 1 fully saturated rings. The number of ether oxygens (including phenoxy) is 1. The highest BCUT2D eigenvalue weighted by atomic mass is 32.2. The van der Waals surface area contributed by atoms with E-state index in [0.717, 1.165) is 12.8 Å². The molecule has 1 aromatic carbocycles. The van der Waals surface area contributed by atoms with Crippen molar-refractivity contribution in [1.82, 2.24) is 0 Å². The number of sulfonamides is 1. The Bertz CT molecular complexity index is 495. The first-order chi connectivity index (χ1) is 7.50. The maximum Gasteiger partial charge on any atom is 0.239 e. The zero-order valence-corrected chi connectivity index (χ0v) is 10.5. The van der Waals surface area contributed by atoms with Gasteiger partial charge in [-0.2, -0.15) is 0 Å². The number of nitrogens with two attached hydrogens (primary N) is 1. The first kappa shape index (κ1) is 11.8. The lowest BCUT2D eigenvalue weighted by Crippen LogP contribution is -2.13. The van der Waals surface area contributed by atoms with Crippen molar-refractivity contribution in [2.75, 3.05) is 6.26 Å². The Hall–Kier alpha value is -0.720. The standard InChI is InChI=1S/C10H13NO3S2/c1-15-9-6-8(14-7-2-3-7)4-5-10(9)16(11,12)13/h4-7H,2-3H2,1H3,(H2,11,12,13). The lowest BCUT2D eigenvalue weighted by molar-refractivity contribution is 0.302. The summed E-state index contributed by atoms with van der Waals surface area (Å²) in [5.74, 6) is 0.708. The summed E-state index contributed by atoms with van der Waals surface area (Å²) in [6, 6.07) is 4.87. The van der Waals surface area contributed by atoms with E-state index in [-0.39, 0.29) is 4.90 Å². The van der Waals surface area contributed by atoms with Crippen LogP contribution in [0.15, 0.2) is 28.0 Å². The fourth-order valence-electron chi connectivity index (χ4n) is 1.33. The second-order valence-corrected chi connectivity index (χ2v) is 6.05. The summed E-state index contributed by atoms with van der Waals surface area (Å²) in [5, 5.41) is 5.11. The van der Waals surface area contributed by atoms with E-state index in [4.69, 9.17) is 9.88 Å². The van der Waals surface area contributed by atoms with Crippen LogP contribution in [0, 0.1) is 0 Å². The molecular formula is C10H13NO3S2. The minimum atomic E-state index is -3.65. The van der Waals surface area contributed by atoms with E-state index in [1.807, 2.05) is 6.26 Å². The molecule has 2 N–H and O–H groups in total. The van der Waals surface area contributed by atoms with Crippen LogP contribution in [0.1, 0.15) is 12.8 Å². The van der Waals surface area contributed by atoms with Crippen LogP contribution in [0.4, 0.5) is 0 Å². The van der Waals surface area contributed by atoms with Gasteiger partial charge in [0.15, 0.2) is 0 Å². The highest BCUT2D eigenvalue weighted by Crippen LogP contribution is 2.32. The predicted octanol–water partition coefficient (Wildman–Crippen LogP) is 1.60. The van der Waals surface area contributed by atoms with Gasteiger partial charge >= 0.3 is 0 Å². The molecule has 0 unspecified atom stereocenters. The molecule has 0 atom stereocenters. The van der Waals surface area contributed by atoms with E-state index in [1.54, 1.807) is 12.1 Å². The van der Waals surface area contributed by atoms with Gasteiger partial charge in [-0.15, -0.1) is 11.8 Å². The molecular weight excluding hydrogens is 246 g/mol. The maximum atomic E-state index is 11.3. The van der Waals surface area contributed by atoms with Gasteiger partial charge in [0.1, 0.15) is 5.75 Å². The largest absolute Gasteiger partial charge is 0.490 e. The molecule has 1 aliphatic rings. The monoisotopic (exact) mass is 259 g/mol. The number of primary sulfonamides is 1. The van der Waals surface area contributed by atoms with Crippen molar-refractivity contribution in [2.24, 2.45) is 5.14 Å². The van der Waals surface area contributed by atoms with Gasteiger partial charge in [0.05, 0.1) is 11.0 Å². The summed E-state index contributed by atoms with van der Waals surface area (Å²) in [6.45, 7) is 0. The zero-order valence-electron chi connectivity index (χ0n) is 8.84. The van der Waals surface area contributed by atoms with Crippen LogP contribution < -0.4 is 9.88 Å². The van der Waals surface area contributed by atoms with Crippen LogP contribution in [0.25, 0.3) is 0 Å². The van der Waals surface area contributed by atoms with Gasteiger partial charge in [-0.25, -0.2) is 13.6 Å². The summed E-state index contributed by atoms with van der Waals surface area (Å²) in [7, 11) is -3.65.